The third-order valence-electron chi connectivity index (χ3n) is 5.26. The van der Waals surface area contributed by atoms with Crippen molar-refractivity contribution in [2.75, 3.05) is 13.7 Å². The Hall–Kier alpha value is -0.420. The fourth-order valence-corrected chi connectivity index (χ4v) is 3.96. The van der Waals surface area contributed by atoms with Gasteiger partial charge in [-0.15, -0.1) is 0 Å². The van der Waals surface area contributed by atoms with E-state index in [4.69, 9.17) is 14.2 Å². The Morgan fingerprint density at radius 2 is 2.15 bits per heavy atom. The summed E-state index contributed by atoms with van der Waals surface area (Å²) in [6, 6.07) is 0. The molecular formula is C16H26O4. The summed E-state index contributed by atoms with van der Waals surface area (Å²) >= 11 is 0. The van der Waals surface area contributed by atoms with Crippen LogP contribution in [-0.4, -0.2) is 48.3 Å². The molecule has 1 unspecified atom stereocenters. The van der Waals surface area contributed by atoms with Gasteiger partial charge in [-0.3, -0.25) is 0 Å². The molecule has 0 radical (unpaired) electrons. The Balaban J connectivity index is 1.78. The molecule has 114 valence electrons. The van der Waals surface area contributed by atoms with Gasteiger partial charge in [0, 0.05) is 7.11 Å². The number of hydrogen-bond donors (Lipinski definition) is 1. The largest absolute Gasteiger partial charge is 0.390 e. The Morgan fingerprint density at radius 3 is 2.70 bits per heavy atom. The van der Waals surface area contributed by atoms with Gasteiger partial charge >= 0.3 is 0 Å². The number of rotatable bonds is 4. The molecule has 2 saturated heterocycles. The highest BCUT2D eigenvalue weighted by atomic mass is 16.6. The van der Waals surface area contributed by atoms with Crippen molar-refractivity contribution in [3.63, 3.8) is 0 Å². The monoisotopic (exact) mass is 282 g/mol. The quantitative estimate of drug-likeness (QED) is 0.633. The summed E-state index contributed by atoms with van der Waals surface area (Å²) in [5.74, 6) is 0.124. The van der Waals surface area contributed by atoms with Crippen LogP contribution in [0.15, 0.2) is 11.6 Å². The van der Waals surface area contributed by atoms with Crippen molar-refractivity contribution in [2.24, 2.45) is 5.92 Å². The minimum Gasteiger partial charge on any atom is -0.390 e. The second-order valence-corrected chi connectivity index (χ2v) is 6.94. The van der Waals surface area contributed by atoms with E-state index in [9.17, 15) is 5.11 Å². The van der Waals surface area contributed by atoms with Crippen molar-refractivity contribution in [3.8, 4) is 0 Å². The van der Waals surface area contributed by atoms with E-state index in [-0.39, 0.29) is 29.3 Å². The van der Waals surface area contributed by atoms with E-state index in [1.165, 1.54) is 5.57 Å². The molecule has 0 aromatic carbocycles. The van der Waals surface area contributed by atoms with Gasteiger partial charge in [0.25, 0.3) is 0 Å². The van der Waals surface area contributed by atoms with Gasteiger partial charge in [0.2, 0.25) is 0 Å². The zero-order chi connectivity index (χ0) is 14.5. The van der Waals surface area contributed by atoms with Gasteiger partial charge in [-0.05, 0) is 40.0 Å². The van der Waals surface area contributed by atoms with E-state index < -0.39 is 6.10 Å². The number of hydrogen-bond acceptors (Lipinski definition) is 4. The van der Waals surface area contributed by atoms with Crippen LogP contribution in [-0.2, 0) is 14.2 Å². The minimum absolute atomic E-state index is 0.117. The summed E-state index contributed by atoms with van der Waals surface area (Å²) in [7, 11) is 1.68. The molecule has 3 aliphatic rings. The van der Waals surface area contributed by atoms with Crippen LogP contribution in [0.5, 0.6) is 0 Å². The summed E-state index contributed by atoms with van der Waals surface area (Å²) in [5, 5.41) is 10.2. The van der Waals surface area contributed by atoms with E-state index in [1.807, 2.05) is 0 Å². The highest BCUT2D eigenvalue weighted by Crippen LogP contribution is 2.59. The van der Waals surface area contributed by atoms with Crippen molar-refractivity contribution in [2.45, 2.75) is 69.5 Å². The summed E-state index contributed by atoms with van der Waals surface area (Å²) < 4.78 is 17.4. The first-order chi connectivity index (χ1) is 9.43. The lowest BCUT2D eigenvalue weighted by Crippen LogP contribution is -2.54. The molecule has 0 amide bonds. The molecule has 1 N–H and O–H groups in total. The predicted octanol–water partition coefficient (Wildman–Crippen LogP) is 2.06. The van der Waals surface area contributed by atoms with Crippen molar-refractivity contribution in [1.82, 2.24) is 0 Å². The van der Waals surface area contributed by atoms with Gasteiger partial charge in [-0.2, -0.15) is 0 Å². The Morgan fingerprint density at radius 1 is 1.45 bits per heavy atom. The van der Waals surface area contributed by atoms with Gasteiger partial charge in [0.05, 0.1) is 36.4 Å². The lowest BCUT2D eigenvalue weighted by atomic mass is 9.68. The number of aliphatic hydroxyl groups is 1. The van der Waals surface area contributed by atoms with Gasteiger partial charge in [-0.1, -0.05) is 11.6 Å². The van der Waals surface area contributed by atoms with E-state index in [1.54, 1.807) is 7.11 Å². The highest BCUT2D eigenvalue weighted by molar-refractivity contribution is 5.20. The second kappa shape index (κ2) is 4.80. The first-order valence-electron chi connectivity index (χ1n) is 7.59. The van der Waals surface area contributed by atoms with E-state index in [2.05, 4.69) is 26.8 Å². The maximum atomic E-state index is 10.2. The second-order valence-electron chi connectivity index (χ2n) is 6.94. The molecule has 2 aliphatic heterocycles. The molecule has 2 heterocycles. The standard InChI is InChI=1S/C16H26O4/c1-10(2)5-6-12-15(3,20-12)14-13(18-4)11(17)7-8-16(14)9-19-16/h5,11-14,17H,6-9H2,1-4H3/t11-,12-,13-,14?,15+,16+/m1/s1. The topological polar surface area (TPSA) is 54.5 Å². The summed E-state index contributed by atoms with van der Waals surface area (Å²) in [6.45, 7) is 7.13. The van der Waals surface area contributed by atoms with Crippen molar-refractivity contribution in [1.29, 1.82) is 0 Å². The third kappa shape index (κ3) is 2.23. The minimum atomic E-state index is -0.412. The normalized spacial score (nSPS) is 50.0. The molecule has 1 spiro atoms. The molecule has 6 atom stereocenters. The van der Waals surface area contributed by atoms with E-state index in [0.717, 1.165) is 25.9 Å². The van der Waals surface area contributed by atoms with Gasteiger partial charge < -0.3 is 19.3 Å². The molecule has 0 bridgehead atoms. The average Bonchev–Trinajstić information content (AvgIpc) is 3.29. The maximum absolute atomic E-state index is 10.2. The zero-order valence-corrected chi connectivity index (χ0v) is 12.9. The van der Waals surface area contributed by atoms with Crippen LogP contribution >= 0.6 is 0 Å². The number of methoxy groups -OCH3 is 1. The first-order valence-corrected chi connectivity index (χ1v) is 7.59. The van der Waals surface area contributed by atoms with Gasteiger partial charge in [0.1, 0.15) is 5.60 Å². The van der Waals surface area contributed by atoms with Crippen molar-refractivity contribution in [3.05, 3.63) is 11.6 Å². The van der Waals surface area contributed by atoms with Gasteiger partial charge in [0.15, 0.2) is 0 Å². The summed E-state index contributed by atoms with van der Waals surface area (Å²) in [5.41, 5.74) is 0.964. The van der Waals surface area contributed by atoms with E-state index in [0.29, 0.717) is 0 Å². The Kier molecular flexibility index (Phi) is 3.49. The number of aliphatic hydroxyl groups excluding tert-OH is 1. The predicted molar refractivity (Wildman–Crippen MR) is 75.5 cm³/mol. The fourth-order valence-electron chi connectivity index (χ4n) is 3.96. The molecular weight excluding hydrogens is 256 g/mol. The SMILES string of the molecule is CO[C@H]1C([C@@]2(C)O[C@@H]2CC=C(C)C)[C@]2(CC[C@H]1O)CO2. The van der Waals surface area contributed by atoms with Crippen LogP contribution in [0, 0.1) is 5.92 Å². The molecule has 1 aliphatic carbocycles. The Labute approximate surface area is 121 Å². The van der Waals surface area contributed by atoms with Crippen LogP contribution in [0.3, 0.4) is 0 Å². The molecule has 0 aromatic heterocycles. The number of allylic oxidation sites excluding steroid dienone is 1. The molecule has 4 nitrogen and oxygen atoms in total. The average molecular weight is 282 g/mol. The zero-order valence-electron chi connectivity index (χ0n) is 12.9. The summed E-state index contributed by atoms with van der Waals surface area (Å²) in [4.78, 5) is 0. The van der Waals surface area contributed by atoms with Crippen LogP contribution < -0.4 is 0 Å². The van der Waals surface area contributed by atoms with E-state index >= 15 is 0 Å². The van der Waals surface area contributed by atoms with Crippen LogP contribution in [0.2, 0.25) is 0 Å². The van der Waals surface area contributed by atoms with Crippen LogP contribution in [0.1, 0.15) is 40.0 Å². The number of ether oxygens (including phenoxy) is 3. The molecule has 0 aromatic rings. The fraction of sp³-hybridized carbons (Fsp3) is 0.875. The smallest absolute Gasteiger partial charge is 0.101 e. The number of epoxide rings is 2. The van der Waals surface area contributed by atoms with Crippen molar-refractivity contribution < 1.29 is 19.3 Å². The molecule has 1 saturated carbocycles. The molecule has 20 heavy (non-hydrogen) atoms. The third-order valence-corrected chi connectivity index (χ3v) is 5.26. The summed E-state index contributed by atoms with van der Waals surface area (Å²) in [6.07, 6.45) is 4.43. The lowest BCUT2D eigenvalue weighted by Gasteiger charge is -2.41. The highest BCUT2D eigenvalue weighted by Gasteiger charge is 2.71. The van der Waals surface area contributed by atoms with Crippen LogP contribution in [0.4, 0.5) is 0 Å². The Bertz CT molecular complexity index is 411. The van der Waals surface area contributed by atoms with Gasteiger partial charge in [-0.25, -0.2) is 0 Å². The van der Waals surface area contributed by atoms with Crippen LogP contribution in [0.25, 0.3) is 0 Å². The lowest BCUT2D eigenvalue weighted by molar-refractivity contribution is -0.116. The van der Waals surface area contributed by atoms with Crippen molar-refractivity contribution >= 4 is 0 Å². The molecule has 4 heteroatoms. The molecule has 3 fully saturated rings. The first kappa shape index (κ1) is 14.5. The maximum Gasteiger partial charge on any atom is 0.101 e. The molecule has 3 rings (SSSR count).